The second-order valence-electron chi connectivity index (χ2n) is 7.48. The van der Waals surface area contributed by atoms with Crippen LogP contribution in [0.4, 0.5) is 0 Å². The van der Waals surface area contributed by atoms with Gasteiger partial charge < -0.3 is 15.7 Å². The Kier molecular flexibility index (Phi) is 6.98. The fraction of sp³-hybridized carbons (Fsp3) is 0.941. The topological polar surface area (TPSA) is 59.9 Å². The second-order valence-corrected chi connectivity index (χ2v) is 7.48. The molecular weight excluding hydrogens is 403 g/mol. The lowest BCUT2D eigenvalue weighted by molar-refractivity contribution is 0.0574. The summed E-state index contributed by atoms with van der Waals surface area (Å²) in [5, 5.41) is 17.4. The molecule has 0 aromatic carbocycles. The molecule has 5 nitrogen and oxygen atoms in total. The van der Waals surface area contributed by atoms with E-state index in [9.17, 15) is 5.11 Å². The highest BCUT2D eigenvalue weighted by Crippen LogP contribution is 2.33. The number of hydrogen-bond donors (Lipinski definition) is 3. The third kappa shape index (κ3) is 5.19. The quantitative estimate of drug-likeness (QED) is 0.351. The highest BCUT2D eigenvalue weighted by atomic mass is 127. The molecule has 2 aliphatic carbocycles. The monoisotopic (exact) mass is 436 g/mol. The van der Waals surface area contributed by atoms with Crippen molar-refractivity contribution in [2.75, 3.05) is 19.6 Å². The molecule has 1 saturated heterocycles. The van der Waals surface area contributed by atoms with Crippen molar-refractivity contribution in [2.45, 2.75) is 82.5 Å². The van der Waals surface area contributed by atoms with Crippen LogP contribution in [0.25, 0.3) is 0 Å². The fourth-order valence-corrected chi connectivity index (χ4v) is 4.01. The van der Waals surface area contributed by atoms with Gasteiger partial charge in [0.2, 0.25) is 0 Å². The van der Waals surface area contributed by atoms with Gasteiger partial charge in [0.05, 0.1) is 12.1 Å². The lowest BCUT2D eigenvalue weighted by Gasteiger charge is -2.22. The normalized spacial score (nSPS) is 31.0. The van der Waals surface area contributed by atoms with Crippen LogP contribution in [0.1, 0.15) is 58.8 Å². The summed E-state index contributed by atoms with van der Waals surface area (Å²) in [7, 11) is 0. The van der Waals surface area contributed by atoms with E-state index in [1.54, 1.807) is 0 Å². The van der Waals surface area contributed by atoms with E-state index in [4.69, 9.17) is 0 Å². The predicted molar refractivity (Wildman–Crippen MR) is 106 cm³/mol. The molecule has 0 radical (unpaired) electrons. The van der Waals surface area contributed by atoms with Crippen LogP contribution >= 0.6 is 24.0 Å². The summed E-state index contributed by atoms with van der Waals surface area (Å²) in [5.41, 5.74) is -0.564. The zero-order valence-electron chi connectivity index (χ0n) is 14.6. The number of hydrogen-bond acceptors (Lipinski definition) is 3. The van der Waals surface area contributed by atoms with Crippen molar-refractivity contribution in [1.29, 1.82) is 0 Å². The van der Waals surface area contributed by atoms with E-state index < -0.39 is 5.60 Å². The number of rotatable bonds is 5. The Hall–Kier alpha value is -0.0800. The van der Waals surface area contributed by atoms with Crippen LogP contribution in [0, 0.1) is 0 Å². The van der Waals surface area contributed by atoms with Crippen molar-refractivity contribution in [3.05, 3.63) is 0 Å². The predicted octanol–water partition coefficient (Wildman–Crippen LogP) is 2.09. The molecule has 3 N–H and O–H groups in total. The first-order valence-corrected chi connectivity index (χ1v) is 9.12. The molecule has 2 saturated carbocycles. The molecule has 0 aromatic heterocycles. The third-order valence-electron chi connectivity index (χ3n) is 5.39. The van der Waals surface area contributed by atoms with Crippen molar-refractivity contribution in [3.63, 3.8) is 0 Å². The molecule has 1 heterocycles. The SMILES string of the molecule is CCNC(=NCC1(O)CCCC1)NC1CC(C)N(C2CC2)C1.I. The van der Waals surface area contributed by atoms with Crippen LogP contribution in [0.3, 0.4) is 0 Å². The number of nitrogens with one attached hydrogen (secondary N) is 2. The number of nitrogens with zero attached hydrogens (tertiary/aromatic N) is 2. The van der Waals surface area contributed by atoms with Crippen molar-refractivity contribution in [3.8, 4) is 0 Å². The van der Waals surface area contributed by atoms with Gasteiger partial charge >= 0.3 is 0 Å². The smallest absolute Gasteiger partial charge is 0.191 e. The maximum atomic E-state index is 10.5. The highest BCUT2D eigenvalue weighted by Gasteiger charge is 2.39. The molecule has 6 heteroatoms. The molecular formula is C17H33IN4O. The largest absolute Gasteiger partial charge is 0.388 e. The van der Waals surface area contributed by atoms with Crippen LogP contribution < -0.4 is 10.6 Å². The van der Waals surface area contributed by atoms with Gasteiger partial charge in [-0.05, 0) is 46.0 Å². The van der Waals surface area contributed by atoms with Crippen molar-refractivity contribution < 1.29 is 5.11 Å². The third-order valence-corrected chi connectivity index (χ3v) is 5.39. The zero-order valence-corrected chi connectivity index (χ0v) is 16.9. The molecule has 2 unspecified atom stereocenters. The molecule has 0 aromatic rings. The Labute approximate surface area is 157 Å². The van der Waals surface area contributed by atoms with Gasteiger partial charge in [0.25, 0.3) is 0 Å². The van der Waals surface area contributed by atoms with Crippen LogP contribution in [0.15, 0.2) is 4.99 Å². The standard InChI is InChI=1S/C17H32N4O.HI/c1-3-18-16(19-12-17(22)8-4-5-9-17)20-14-10-13(2)21(11-14)15-6-7-15;/h13-15,22H,3-12H2,1-2H3,(H2,18,19,20);1H. The average Bonchev–Trinajstić information content (AvgIpc) is 3.14. The minimum Gasteiger partial charge on any atom is -0.388 e. The number of likely N-dealkylation sites (tertiary alicyclic amines) is 1. The molecule has 3 fully saturated rings. The molecule has 1 aliphatic heterocycles. The van der Waals surface area contributed by atoms with E-state index in [1.807, 2.05) is 0 Å². The van der Waals surface area contributed by atoms with Crippen LogP contribution in [-0.4, -0.2) is 59.3 Å². The molecule has 0 bridgehead atoms. The molecule has 0 spiro atoms. The number of aliphatic imine (C=N–C) groups is 1. The molecule has 2 atom stereocenters. The van der Waals surface area contributed by atoms with Gasteiger partial charge in [-0.25, -0.2) is 0 Å². The molecule has 3 rings (SSSR count). The van der Waals surface area contributed by atoms with Gasteiger partial charge in [-0.1, -0.05) is 12.8 Å². The van der Waals surface area contributed by atoms with Crippen molar-refractivity contribution >= 4 is 29.9 Å². The van der Waals surface area contributed by atoms with E-state index in [0.717, 1.165) is 50.8 Å². The van der Waals surface area contributed by atoms with Gasteiger partial charge in [-0.15, -0.1) is 24.0 Å². The second kappa shape index (κ2) is 8.34. The zero-order chi connectivity index (χ0) is 15.6. The molecule has 23 heavy (non-hydrogen) atoms. The number of aliphatic hydroxyl groups is 1. The Morgan fingerprint density at radius 2 is 2.00 bits per heavy atom. The first kappa shape index (κ1) is 19.2. The Morgan fingerprint density at radius 3 is 2.61 bits per heavy atom. The van der Waals surface area contributed by atoms with Crippen molar-refractivity contribution in [2.24, 2.45) is 4.99 Å². The van der Waals surface area contributed by atoms with Gasteiger partial charge in [0.15, 0.2) is 5.96 Å². The van der Waals surface area contributed by atoms with E-state index in [-0.39, 0.29) is 24.0 Å². The summed E-state index contributed by atoms with van der Waals surface area (Å²) < 4.78 is 0. The van der Waals surface area contributed by atoms with Gasteiger partial charge in [0.1, 0.15) is 0 Å². The Balaban J connectivity index is 0.00000192. The summed E-state index contributed by atoms with van der Waals surface area (Å²) >= 11 is 0. The average molecular weight is 436 g/mol. The maximum absolute atomic E-state index is 10.5. The van der Waals surface area contributed by atoms with Gasteiger partial charge in [0, 0.05) is 31.2 Å². The van der Waals surface area contributed by atoms with E-state index in [2.05, 4.69) is 34.4 Å². The summed E-state index contributed by atoms with van der Waals surface area (Å²) in [6.07, 6.45) is 7.98. The minimum absolute atomic E-state index is 0. The van der Waals surface area contributed by atoms with Crippen LogP contribution in [-0.2, 0) is 0 Å². The van der Waals surface area contributed by atoms with E-state index >= 15 is 0 Å². The molecule has 134 valence electrons. The van der Waals surface area contributed by atoms with E-state index in [1.165, 1.54) is 19.3 Å². The summed E-state index contributed by atoms with van der Waals surface area (Å²) in [4.78, 5) is 7.31. The van der Waals surface area contributed by atoms with Crippen molar-refractivity contribution in [1.82, 2.24) is 15.5 Å². The lowest BCUT2D eigenvalue weighted by Crippen LogP contribution is -2.45. The lowest BCUT2D eigenvalue weighted by atomic mass is 10.0. The van der Waals surface area contributed by atoms with Gasteiger partial charge in [-0.3, -0.25) is 9.89 Å². The summed E-state index contributed by atoms with van der Waals surface area (Å²) in [5.74, 6) is 0.873. The van der Waals surface area contributed by atoms with Gasteiger partial charge in [-0.2, -0.15) is 0 Å². The number of guanidine groups is 1. The fourth-order valence-electron chi connectivity index (χ4n) is 4.01. The Morgan fingerprint density at radius 1 is 1.30 bits per heavy atom. The van der Waals surface area contributed by atoms with Crippen LogP contribution in [0.5, 0.6) is 0 Å². The Bertz CT molecular complexity index is 407. The maximum Gasteiger partial charge on any atom is 0.191 e. The molecule has 0 amide bonds. The number of halogens is 1. The summed E-state index contributed by atoms with van der Waals surface area (Å²) in [6, 6.07) is 1.99. The summed E-state index contributed by atoms with van der Waals surface area (Å²) in [6.45, 7) is 6.94. The van der Waals surface area contributed by atoms with E-state index in [0.29, 0.717) is 18.6 Å². The van der Waals surface area contributed by atoms with Crippen LogP contribution in [0.2, 0.25) is 0 Å². The first-order valence-electron chi connectivity index (χ1n) is 9.12. The highest BCUT2D eigenvalue weighted by molar-refractivity contribution is 14.0. The minimum atomic E-state index is -0.564. The first-order chi connectivity index (χ1) is 10.6. The molecule has 3 aliphatic rings.